The highest BCUT2D eigenvalue weighted by Gasteiger charge is 2.11. The van der Waals surface area contributed by atoms with Gasteiger partial charge in [-0.1, -0.05) is 19.9 Å². The van der Waals surface area contributed by atoms with E-state index in [4.69, 9.17) is 10.5 Å². The first-order chi connectivity index (χ1) is 8.58. The number of nitrogen functional groups attached to an aromatic ring is 1. The summed E-state index contributed by atoms with van der Waals surface area (Å²) in [6, 6.07) is 9.57. The number of hydrogen-bond donors (Lipinski definition) is 1. The Labute approximate surface area is 108 Å². The van der Waals surface area contributed by atoms with Crippen LogP contribution in [0.5, 0.6) is 11.6 Å². The zero-order chi connectivity index (χ0) is 13.1. The topological polar surface area (TPSA) is 48.1 Å². The van der Waals surface area contributed by atoms with Gasteiger partial charge in [0, 0.05) is 18.0 Å². The van der Waals surface area contributed by atoms with Crippen LogP contribution in [0.3, 0.4) is 0 Å². The average molecular weight is 242 g/mol. The second-order valence-corrected chi connectivity index (χ2v) is 4.67. The van der Waals surface area contributed by atoms with Crippen molar-refractivity contribution in [3.63, 3.8) is 0 Å². The normalized spacial score (nSPS) is 10.7. The highest BCUT2D eigenvalue weighted by molar-refractivity contribution is 5.55. The predicted octanol–water partition coefficient (Wildman–Crippen LogP) is 3.89. The van der Waals surface area contributed by atoms with Crippen LogP contribution in [-0.4, -0.2) is 4.98 Å². The van der Waals surface area contributed by atoms with E-state index in [1.165, 1.54) is 0 Å². The fourth-order valence-corrected chi connectivity index (χ4v) is 1.78. The van der Waals surface area contributed by atoms with Gasteiger partial charge < -0.3 is 10.5 Å². The first-order valence-electron chi connectivity index (χ1n) is 6.07. The number of aromatic nitrogens is 1. The van der Waals surface area contributed by atoms with Crippen molar-refractivity contribution in [2.45, 2.75) is 26.7 Å². The maximum atomic E-state index is 5.95. The molecule has 94 valence electrons. The summed E-state index contributed by atoms with van der Waals surface area (Å²) in [5, 5.41) is 0. The van der Waals surface area contributed by atoms with E-state index in [0.29, 0.717) is 11.8 Å². The minimum atomic E-state index is 0.353. The molecule has 0 aliphatic rings. The van der Waals surface area contributed by atoms with Gasteiger partial charge in [0.2, 0.25) is 5.88 Å². The van der Waals surface area contributed by atoms with Crippen molar-refractivity contribution in [3.8, 4) is 11.6 Å². The summed E-state index contributed by atoms with van der Waals surface area (Å²) in [5.74, 6) is 1.78. The minimum absolute atomic E-state index is 0.353. The molecule has 2 N–H and O–H groups in total. The van der Waals surface area contributed by atoms with E-state index in [-0.39, 0.29) is 0 Å². The van der Waals surface area contributed by atoms with Gasteiger partial charge in [-0.15, -0.1) is 0 Å². The third kappa shape index (κ3) is 2.62. The van der Waals surface area contributed by atoms with Crippen LogP contribution < -0.4 is 10.5 Å². The van der Waals surface area contributed by atoms with Crippen LogP contribution in [0.25, 0.3) is 0 Å². The minimum Gasteiger partial charge on any atom is -0.439 e. The molecule has 3 nitrogen and oxygen atoms in total. The van der Waals surface area contributed by atoms with Gasteiger partial charge in [-0.05, 0) is 42.2 Å². The number of anilines is 1. The number of aryl methyl sites for hydroxylation is 1. The monoisotopic (exact) mass is 242 g/mol. The molecule has 18 heavy (non-hydrogen) atoms. The fraction of sp³-hybridized carbons (Fsp3) is 0.267. The van der Waals surface area contributed by atoms with Crippen LogP contribution in [0.1, 0.15) is 30.9 Å². The molecule has 3 heteroatoms. The molecule has 0 fully saturated rings. The molecule has 1 heterocycles. The molecule has 2 rings (SSSR count). The zero-order valence-electron chi connectivity index (χ0n) is 11.0. The van der Waals surface area contributed by atoms with Crippen LogP contribution in [0.4, 0.5) is 5.69 Å². The Hall–Kier alpha value is -2.03. The Balaban J connectivity index is 2.40. The van der Waals surface area contributed by atoms with Crippen molar-refractivity contribution < 1.29 is 4.74 Å². The lowest BCUT2D eigenvalue weighted by Gasteiger charge is -2.15. The number of nitrogens with zero attached hydrogens (tertiary/aromatic N) is 1. The summed E-state index contributed by atoms with van der Waals surface area (Å²) in [7, 11) is 0. The second-order valence-electron chi connectivity index (χ2n) is 4.67. The van der Waals surface area contributed by atoms with E-state index in [9.17, 15) is 0 Å². The Kier molecular flexibility index (Phi) is 3.51. The molecule has 0 aliphatic carbocycles. The summed E-state index contributed by atoms with van der Waals surface area (Å²) in [4.78, 5) is 4.17. The van der Waals surface area contributed by atoms with Crippen LogP contribution >= 0.6 is 0 Å². The zero-order valence-corrected chi connectivity index (χ0v) is 11.0. The molecule has 0 amide bonds. The lowest BCUT2D eigenvalue weighted by Crippen LogP contribution is -1.99. The van der Waals surface area contributed by atoms with Gasteiger partial charge >= 0.3 is 0 Å². The maximum absolute atomic E-state index is 5.95. The number of benzene rings is 1. The Morgan fingerprint density at radius 3 is 2.61 bits per heavy atom. The molecule has 0 atom stereocenters. The van der Waals surface area contributed by atoms with Crippen LogP contribution in [0, 0.1) is 6.92 Å². The van der Waals surface area contributed by atoms with E-state index in [0.717, 1.165) is 22.6 Å². The SMILES string of the molecule is Cc1cc(Oc2ccccn2)c(C(C)C)cc1N. The lowest BCUT2D eigenvalue weighted by atomic mass is 9.99. The van der Waals surface area contributed by atoms with Crippen LogP contribution in [-0.2, 0) is 0 Å². The van der Waals surface area contributed by atoms with Gasteiger partial charge in [0.25, 0.3) is 0 Å². The van der Waals surface area contributed by atoms with Gasteiger partial charge in [0.1, 0.15) is 5.75 Å². The number of ether oxygens (including phenoxy) is 1. The van der Waals surface area contributed by atoms with Crippen molar-refractivity contribution in [3.05, 3.63) is 47.7 Å². The third-order valence-electron chi connectivity index (χ3n) is 2.87. The Bertz CT molecular complexity index is 536. The van der Waals surface area contributed by atoms with Crippen molar-refractivity contribution >= 4 is 5.69 Å². The van der Waals surface area contributed by atoms with Gasteiger partial charge in [-0.3, -0.25) is 0 Å². The fourth-order valence-electron chi connectivity index (χ4n) is 1.78. The molecular weight excluding hydrogens is 224 g/mol. The van der Waals surface area contributed by atoms with Crippen molar-refractivity contribution in [1.82, 2.24) is 4.98 Å². The van der Waals surface area contributed by atoms with Crippen molar-refractivity contribution in [2.24, 2.45) is 0 Å². The standard InChI is InChI=1S/C15H18N2O/c1-10(2)12-9-13(16)11(3)8-14(12)18-15-6-4-5-7-17-15/h4-10H,16H2,1-3H3. The van der Waals surface area contributed by atoms with E-state index >= 15 is 0 Å². The summed E-state index contributed by atoms with van der Waals surface area (Å²) in [5.41, 5.74) is 8.87. The number of nitrogens with two attached hydrogens (primary N) is 1. The Morgan fingerprint density at radius 2 is 2.00 bits per heavy atom. The van der Waals surface area contributed by atoms with E-state index < -0.39 is 0 Å². The molecular formula is C15H18N2O. The van der Waals surface area contributed by atoms with Gasteiger partial charge in [-0.25, -0.2) is 4.98 Å². The quantitative estimate of drug-likeness (QED) is 0.831. The van der Waals surface area contributed by atoms with E-state index in [1.807, 2.05) is 37.3 Å². The number of pyridine rings is 1. The molecule has 0 radical (unpaired) electrons. The molecule has 0 saturated carbocycles. The van der Waals surface area contributed by atoms with Crippen LogP contribution in [0.2, 0.25) is 0 Å². The summed E-state index contributed by atoms with van der Waals surface area (Å²) in [6.07, 6.45) is 1.72. The third-order valence-corrected chi connectivity index (χ3v) is 2.87. The molecule has 0 aliphatic heterocycles. The molecule has 2 aromatic rings. The van der Waals surface area contributed by atoms with Crippen LogP contribution in [0.15, 0.2) is 36.5 Å². The molecule has 1 aromatic carbocycles. The Morgan fingerprint density at radius 1 is 1.22 bits per heavy atom. The molecule has 0 bridgehead atoms. The highest BCUT2D eigenvalue weighted by Crippen LogP contribution is 2.33. The molecule has 0 spiro atoms. The van der Waals surface area contributed by atoms with Gasteiger partial charge in [0.05, 0.1) is 0 Å². The van der Waals surface area contributed by atoms with E-state index in [2.05, 4.69) is 18.8 Å². The lowest BCUT2D eigenvalue weighted by molar-refractivity contribution is 0.454. The second kappa shape index (κ2) is 5.08. The molecule has 0 saturated heterocycles. The summed E-state index contributed by atoms with van der Waals surface area (Å²) in [6.45, 7) is 6.22. The highest BCUT2D eigenvalue weighted by atomic mass is 16.5. The maximum Gasteiger partial charge on any atom is 0.219 e. The average Bonchev–Trinajstić information content (AvgIpc) is 2.34. The first-order valence-corrected chi connectivity index (χ1v) is 6.07. The van der Waals surface area contributed by atoms with Gasteiger partial charge in [0.15, 0.2) is 0 Å². The molecule has 1 aromatic heterocycles. The summed E-state index contributed by atoms with van der Waals surface area (Å²) < 4.78 is 5.84. The van der Waals surface area contributed by atoms with Crippen molar-refractivity contribution in [2.75, 3.05) is 5.73 Å². The first kappa shape index (κ1) is 12.4. The van der Waals surface area contributed by atoms with Crippen molar-refractivity contribution in [1.29, 1.82) is 0 Å². The van der Waals surface area contributed by atoms with Gasteiger partial charge in [-0.2, -0.15) is 0 Å². The smallest absolute Gasteiger partial charge is 0.219 e. The van der Waals surface area contributed by atoms with E-state index in [1.54, 1.807) is 6.20 Å². The largest absolute Gasteiger partial charge is 0.439 e. The number of rotatable bonds is 3. The molecule has 0 unspecified atom stereocenters. The predicted molar refractivity (Wildman–Crippen MR) is 74.0 cm³/mol. The number of hydrogen-bond acceptors (Lipinski definition) is 3. The summed E-state index contributed by atoms with van der Waals surface area (Å²) >= 11 is 0.